The van der Waals surface area contributed by atoms with E-state index in [4.69, 9.17) is 9.72 Å². The molecule has 0 unspecified atom stereocenters. The molecule has 0 atom stereocenters. The third kappa shape index (κ3) is 6.97. The van der Waals surface area contributed by atoms with Gasteiger partial charge in [0.15, 0.2) is 0 Å². The first-order valence-corrected chi connectivity index (χ1v) is 13.1. The number of hydrogen-bond donors (Lipinski definition) is 1. The first-order valence-electron chi connectivity index (χ1n) is 13.1. The topological polar surface area (TPSA) is 56.1 Å². The Hall–Kier alpha value is -3.60. The summed E-state index contributed by atoms with van der Waals surface area (Å²) >= 11 is 0. The molecule has 1 amide bonds. The number of hydrogen-bond acceptors (Lipinski definition) is 3. The van der Waals surface area contributed by atoms with Crippen LogP contribution in [0.1, 0.15) is 48.2 Å². The minimum absolute atomic E-state index is 0.0890. The number of benzene rings is 3. The number of rotatable bonds is 13. The molecule has 0 fully saturated rings. The summed E-state index contributed by atoms with van der Waals surface area (Å²) in [4.78, 5) is 17.0. The fourth-order valence-corrected chi connectivity index (χ4v) is 4.51. The molecular formula is C31H37N3O2. The van der Waals surface area contributed by atoms with Gasteiger partial charge in [-0.3, -0.25) is 4.79 Å². The van der Waals surface area contributed by atoms with Crippen LogP contribution in [0.15, 0.2) is 72.8 Å². The number of aromatic nitrogens is 2. The molecule has 1 aromatic heterocycles. The maximum atomic E-state index is 12.1. The van der Waals surface area contributed by atoms with Crippen LogP contribution in [0.2, 0.25) is 0 Å². The van der Waals surface area contributed by atoms with Gasteiger partial charge >= 0.3 is 0 Å². The lowest BCUT2D eigenvalue weighted by Crippen LogP contribution is -2.26. The normalized spacial score (nSPS) is 11.1. The Morgan fingerprint density at radius 1 is 0.889 bits per heavy atom. The van der Waals surface area contributed by atoms with E-state index in [1.807, 2.05) is 48.5 Å². The first kappa shape index (κ1) is 25.5. The van der Waals surface area contributed by atoms with E-state index < -0.39 is 0 Å². The van der Waals surface area contributed by atoms with Crippen LogP contribution in [-0.2, 0) is 24.2 Å². The molecule has 5 heteroatoms. The Bertz CT molecular complexity index is 1260. The van der Waals surface area contributed by atoms with Crippen molar-refractivity contribution in [1.82, 2.24) is 14.9 Å². The van der Waals surface area contributed by atoms with E-state index in [0.29, 0.717) is 13.0 Å². The monoisotopic (exact) mass is 483 g/mol. The van der Waals surface area contributed by atoms with Gasteiger partial charge in [0.25, 0.3) is 0 Å². The standard InChI is InChI=1S/C31H37N3O2/c1-24-13-11-18-29(25(24)2)36-22-12-21-34-28-17-9-8-16-27(28)33-30(34)19-7-4-10-20-32-31(35)23-26-14-5-3-6-15-26/h3,5-6,8-9,11,13-18H,4,7,10,12,19-23H2,1-2H3,(H,32,35). The van der Waals surface area contributed by atoms with Crippen molar-refractivity contribution in [2.24, 2.45) is 0 Å². The van der Waals surface area contributed by atoms with Gasteiger partial charge < -0.3 is 14.6 Å². The Balaban J connectivity index is 1.23. The molecular weight excluding hydrogens is 446 g/mol. The van der Waals surface area contributed by atoms with Crippen molar-refractivity contribution in [2.45, 2.75) is 58.9 Å². The Morgan fingerprint density at radius 3 is 2.56 bits per heavy atom. The van der Waals surface area contributed by atoms with Crippen LogP contribution < -0.4 is 10.1 Å². The third-order valence-corrected chi connectivity index (χ3v) is 6.68. The van der Waals surface area contributed by atoms with Gasteiger partial charge in [-0.05, 0) is 68.0 Å². The van der Waals surface area contributed by atoms with Crippen LogP contribution >= 0.6 is 0 Å². The summed E-state index contributed by atoms with van der Waals surface area (Å²) in [6.45, 7) is 6.51. The van der Waals surface area contributed by atoms with E-state index in [2.05, 4.69) is 48.0 Å². The predicted molar refractivity (Wildman–Crippen MR) is 146 cm³/mol. The number of nitrogens with one attached hydrogen (secondary N) is 1. The molecule has 4 aromatic rings. The van der Waals surface area contributed by atoms with E-state index >= 15 is 0 Å². The maximum Gasteiger partial charge on any atom is 0.224 e. The summed E-state index contributed by atoms with van der Waals surface area (Å²) in [6, 6.07) is 24.5. The second kappa shape index (κ2) is 12.9. The van der Waals surface area contributed by atoms with E-state index in [1.165, 1.54) is 16.6 Å². The highest BCUT2D eigenvalue weighted by atomic mass is 16.5. The highest BCUT2D eigenvalue weighted by Crippen LogP contribution is 2.22. The van der Waals surface area contributed by atoms with Crippen LogP contribution in [-0.4, -0.2) is 28.6 Å². The Labute approximate surface area is 214 Å². The SMILES string of the molecule is Cc1cccc(OCCCn2c(CCCCCNC(=O)Cc3ccccc3)nc3ccccc32)c1C. The van der Waals surface area contributed by atoms with Crippen molar-refractivity contribution < 1.29 is 9.53 Å². The molecule has 0 saturated carbocycles. The number of carbonyl (C=O) groups excluding carboxylic acids is 1. The number of amides is 1. The smallest absolute Gasteiger partial charge is 0.224 e. The highest BCUT2D eigenvalue weighted by Gasteiger charge is 2.11. The molecule has 36 heavy (non-hydrogen) atoms. The van der Waals surface area contributed by atoms with E-state index in [0.717, 1.165) is 67.8 Å². The molecule has 0 radical (unpaired) electrons. The van der Waals surface area contributed by atoms with Crippen molar-refractivity contribution in [1.29, 1.82) is 0 Å². The van der Waals surface area contributed by atoms with Crippen LogP contribution in [0, 0.1) is 13.8 Å². The molecule has 188 valence electrons. The lowest BCUT2D eigenvalue weighted by molar-refractivity contribution is -0.120. The Kier molecular flexibility index (Phi) is 9.15. The number of imidazole rings is 1. The predicted octanol–water partition coefficient (Wildman–Crippen LogP) is 6.19. The van der Waals surface area contributed by atoms with Gasteiger partial charge in [-0.25, -0.2) is 4.98 Å². The summed E-state index contributed by atoms with van der Waals surface area (Å²) in [7, 11) is 0. The zero-order chi connectivity index (χ0) is 25.2. The van der Waals surface area contributed by atoms with Gasteiger partial charge in [-0.2, -0.15) is 0 Å². The van der Waals surface area contributed by atoms with Crippen molar-refractivity contribution in [3.63, 3.8) is 0 Å². The maximum absolute atomic E-state index is 12.1. The molecule has 0 bridgehead atoms. The average molecular weight is 484 g/mol. The van der Waals surface area contributed by atoms with Gasteiger partial charge in [0.2, 0.25) is 5.91 Å². The number of nitrogens with zero attached hydrogens (tertiary/aromatic N) is 2. The number of ether oxygens (including phenoxy) is 1. The number of unbranched alkanes of at least 4 members (excludes halogenated alkanes) is 2. The van der Waals surface area contributed by atoms with Crippen molar-refractivity contribution in [2.75, 3.05) is 13.2 Å². The second-order valence-corrected chi connectivity index (χ2v) is 9.39. The van der Waals surface area contributed by atoms with E-state index in [9.17, 15) is 4.79 Å². The summed E-state index contributed by atoms with van der Waals surface area (Å²) in [5.74, 6) is 2.20. The lowest BCUT2D eigenvalue weighted by Gasteiger charge is -2.13. The van der Waals surface area contributed by atoms with Gasteiger partial charge in [-0.15, -0.1) is 0 Å². The molecule has 0 aliphatic carbocycles. The Morgan fingerprint density at radius 2 is 1.69 bits per heavy atom. The fourth-order valence-electron chi connectivity index (χ4n) is 4.51. The average Bonchev–Trinajstić information content (AvgIpc) is 3.24. The molecule has 1 heterocycles. The fraction of sp³-hybridized carbons (Fsp3) is 0.355. The summed E-state index contributed by atoms with van der Waals surface area (Å²) in [6.07, 6.45) is 5.39. The molecule has 3 aromatic carbocycles. The molecule has 0 aliphatic rings. The van der Waals surface area contributed by atoms with Crippen LogP contribution in [0.4, 0.5) is 0 Å². The molecule has 0 aliphatic heterocycles. The molecule has 1 N–H and O–H groups in total. The summed E-state index contributed by atoms with van der Waals surface area (Å²) in [5, 5.41) is 3.04. The second-order valence-electron chi connectivity index (χ2n) is 9.39. The third-order valence-electron chi connectivity index (χ3n) is 6.68. The molecule has 4 rings (SSSR count). The quantitative estimate of drug-likeness (QED) is 0.231. The lowest BCUT2D eigenvalue weighted by atomic mass is 10.1. The van der Waals surface area contributed by atoms with Crippen LogP contribution in [0.3, 0.4) is 0 Å². The van der Waals surface area contributed by atoms with E-state index in [-0.39, 0.29) is 5.91 Å². The molecule has 0 spiro atoms. The summed E-state index contributed by atoms with van der Waals surface area (Å²) in [5.41, 5.74) is 5.76. The van der Waals surface area contributed by atoms with Gasteiger partial charge in [0, 0.05) is 19.5 Å². The van der Waals surface area contributed by atoms with Crippen LogP contribution in [0.25, 0.3) is 11.0 Å². The summed E-state index contributed by atoms with van der Waals surface area (Å²) < 4.78 is 8.43. The molecule has 0 saturated heterocycles. The van der Waals surface area contributed by atoms with Gasteiger partial charge in [-0.1, -0.05) is 61.0 Å². The van der Waals surface area contributed by atoms with Gasteiger partial charge in [0.05, 0.1) is 24.1 Å². The minimum atomic E-state index is 0.0890. The van der Waals surface area contributed by atoms with Crippen molar-refractivity contribution in [3.8, 4) is 5.75 Å². The number of fused-ring (bicyclic) bond motifs is 1. The largest absolute Gasteiger partial charge is 0.493 e. The zero-order valence-corrected chi connectivity index (χ0v) is 21.5. The zero-order valence-electron chi connectivity index (χ0n) is 21.5. The number of aryl methyl sites for hydroxylation is 3. The molecule has 5 nitrogen and oxygen atoms in total. The van der Waals surface area contributed by atoms with Crippen molar-refractivity contribution >= 4 is 16.9 Å². The van der Waals surface area contributed by atoms with Gasteiger partial charge in [0.1, 0.15) is 11.6 Å². The first-order chi connectivity index (χ1) is 17.6. The highest BCUT2D eigenvalue weighted by molar-refractivity contribution is 5.78. The van der Waals surface area contributed by atoms with Crippen LogP contribution in [0.5, 0.6) is 5.75 Å². The number of para-hydroxylation sites is 2. The minimum Gasteiger partial charge on any atom is -0.493 e. The van der Waals surface area contributed by atoms with Crippen molar-refractivity contribution in [3.05, 3.63) is 95.3 Å². The number of carbonyl (C=O) groups is 1. The van der Waals surface area contributed by atoms with E-state index in [1.54, 1.807) is 0 Å².